The lowest BCUT2D eigenvalue weighted by molar-refractivity contribution is -0.116. The highest BCUT2D eigenvalue weighted by Crippen LogP contribution is 2.28. The van der Waals surface area contributed by atoms with Crippen LogP contribution >= 0.6 is 0 Å². The summed E-state index contributed by atoms with van der Waals surface area (Å²) in [6, 6.07) is 13.7. The summed E-state index contributed by atoms with van der Waals surface area (Å²) in [6.45, 7) is 3.50. The molecular weight excluding hydrogens is 352 g/mol. The van der Waals surface area contributed by atoms with Crippen LogP contribution < -0.4 is 10.2 Å². The minimum Gasteiger partial charge on any atom is -0.348 e. The number of aromatic nitrogens is 2. The number of carbonyl (C=O) groups excluding carboxylic acids is 2. The van der Waals surface area contributed by atoms with E-state index in [9.17, 15) is 9.59 Å². The minimum absolute atomic E-state index is 0.0347. The van der Waals surface area contributed by atoms with Crippen LogP contribution in [-0.4, -0.2) is 27.9 Å². The Morgan fingerprint density at radius 1 is 1.11 bits per heavy atom. The maximum Gasteiger partial charge on any atom is 0.251 e. The Morgan fingerprint density at radius 2 is 1.89 bits per heavy atom. The van der Waals surface area contributed by atoms with Gasteiger partial charge in [-0.3, -0.25) is 9.59 Å². The van der Waals surface area contributed by atoms with Crippen molar-refractivity contribution in [3.8, 4) is 0 Å². The first-order chi connectivity index (χ1) is 13.6. The molecule has 0 aliphatic carbocycles. The van der Waals surface area contributed by atoms with Gasteiger partial charge in [0.15, 0.2) is 0 Å². The van der Waals surface area contributed by atoms with Crippen LogP contribution in [-0.2, 0) is 24.3 Å². The highest BCUT2D eigenvalue weighted by molar-refractivity contribution is 5.97. The molecule has 1 aromatic heterocycles. The largest absolute Gasteiger partial charge is 0.348 e. The Bertz CT molecular complexity index is 994. The average Bonchev–Trinajstić information content (AvgIpc) is 3.36. The molecule has 0 spiro atoms. The third-order valence-corrected chi connectivity index (χ3v) is 5.02. The number of nitrogens with zero attached hydrogens (tertiary/aromatic N) is 3. The van der Waals surface area contributed by atoms with E-state index in [0.29, 0.717) is 18.7 Å². The molecule has 3 aromatic rings. The van der Waals surface area contributed by atoms with Gasteiger partial charge in [-0.05, 0) is 41.3 Å². The topological polar surface area (TPSA) is 67.2 Å². The molecule has 142 valence electrons. The molecule has 2 amide bonds. The van der Waals surface area contributed by atoms with Crippen molar-refractivity contribution in [1.29, 1.82) is 0 Å². The van der Waals surface area contributed by atoms with Gasteiger partial charge in [0, 0.05) is 50.2 Å². The summed E-state index contributed by atoms with van der Waals surface area (Å²) >= 11 is 0. The molecule has 0 saturated heterocycles. The van der Waals surface area contributed by atoms with Gasteiger partial charge in [-0.25, -0.2) is 4.98 Å². The van der Waals surface area contributed by atoms with Crippen molar-refractivity contribution in [3.05, 3.63) is 83.4 Å². The van der Waals surface area contributed by atoms with E-state index >= 15 is 0 Å². The molecule has 0 radical (unpaired) electrons. The molecule has 28 heavy (non-hydrogen) atoms. The lowest BCUT2D eigenvalue weighted by Crippen LogP contribution is -2.26. The number of amides is 2. The summed E-state index contributed by atoms with van der Waals surface area (Å²) in [5.41, 5.74) is 4.82. The van der Waals surface area contributed by atoms with Crippen LogP contribution in [0.1, 0.15) is 34.0 Å². The number of imidazole rings is 1. The molecule has 6 nitrogen and oxygen atoms in total. The molecule has 1 aliphatic rings. The number of nitrogens with one attached hydrogen (secondary N) is 1. The van der Waals surface area contributed by atoms with Gasteiger partial charge in [0.05, 0.1) is 6.33 Å². The fourth-order valence-corrected chi connectivity index (χ4v) is 3.51. The molecule has 0 saturated carbocycles. The number of hydrogen-bond donors (Lipinski definition) is 1. The Morgan fingerprint density at radius 3 is 2.61 bits per heavy atom. The van der Waals surface area contributed by atoms with Gasteiger partial charge in [-0.15, -0.1) is 0 Å². The normalized spacial score (nSPS) is 12.7. The van der Waals surface area contributed by atoms with Crippen molar-refractivity contribution in [2.24, 2.45) is 0 Å². The lowest BCUT2D eigenvalue weighted by Gasteiger charge is -2.14. The summed E-state index contributed by atoms with van der Waals surface area (Å²) in [4.78, 5) is 29.9. The quantitative estimate of drug-likeness (QED) is 0.747. The van der Waals surface area contributed by atoms with Crippen LogP contribution in [0.5, 0.6) is 0 Å². The fourth-order valence-electron chi connectivity index (χ4n) is 3.51. The Labute approximate surface area is 163 Å². The second kappa shape index (κ2) is 7.68. The molecule has 6 heteroatoms. The van der Waals surface area contributed by atoms with Gasteiger partial charge < -0.3 is 14.8 Å². The molecule has 0 bridgehead atoms. The van der Waals surface area contributed by atoms with Gasteiger partial charge in [0.1, 0.15) is 0 Å². The minimum atomic E-state index is -0.105. The van der Waals surface area contributed by atoms with E-state index in [2.05, 4.69) is 22.4 Å². The van der Waals surface area contributed by atoms with Crippen molar-refractivity contribution in [1.82, 2.24) is 14.9 Å². The molecule has 0 fully saturated rings. The van der Waals surface area contributed by atoms with Gasteiger partial charge in [0.25, 0.3) is 5.91 Å². The maximum atomic E-state index is 12.5. The predicted molar refractivity (Wildman–Crippen MR) is 107 cm³/mol. The van der Waals surface area contributed by atoms with Gasteiger partial charge in [-0.2, -0.15) is 0 Å². The van der Waals surface area contributed by atoms with Gasteiger partial charge >= 0.3 is 0 Å². The zero-order chi connectivity index (χ0) is 19.5. The SMILES string of the molecule is CC(=O)N1CCc2cc(C(=O)NCc3ccc(Cn4ccnc4)cc3)ccc21. The molecule has 2 aromatic carbocycles. The number of anilines is 1. The Hall–Kier alpha value is -3.41. The van der Waals surface area contributed by atoms with Crippen LogP contribution in [0.25, 0.3) is 0 Å². The van der Waals surface area contributed by atoms with Crippen molar-refractivity contribution in [2.75, 3.05) is 11.4 Å². The van der Waals surface area contributed by atoms with Crippen molar-refractivity contribution in [2.45, 2.75) is 26.4 Å². The predicted octanol–water partition coefficient (Wildman–Crippen LogP) is 2.77. The van der Waals surface area contributed by atoms with Gasteiger partial charge in [0.2, 0.25) is 5.91 Å². The fraction of sp³-hybridized carbons (Fsp3) is 0.227. The highest BCUT2D eigenvalue weighted by Gasteiger charge is 2.23. The van der Waals surface area contributed by atoms with Crippen LogP contribution in [0.15, 0.2) is 61.2 Å². The first kappa shape index (κ1) is 18.0. The molecule has 4 rings (SSSR count). The molecule has 1 N–H and O–H groups in total. The summed E-state index contributed by atoms with van der Waals surface area (Å²) in [5.74, 6) is -0.0704. The highest BCUT2D eigenvalue weighted by atomic mass is 16.2. The van der Waals surface area contributed by atoms with E-state index in [1.54, 1.807) is 30.4 Å². The summed E-state index contributed by atoms with van der Waals surface area (Å²) in [6.07, 6.45) is 6.27. The standard InChI is InChI=1S/C22H22N4O2/c1-16(27)26-10-8-19-12-20(6-7-21(19)26)22(28)24-13-17-2-4-18(5-3-17)14-25-11-9-23-15-25/h2-7,9,11-12,15H,8,10,13-14H2,1H3,(H,24,28). The number of benzene rings is 2. The van der Waals surface area contributed by atoms with Gasteiger partial charge in [-0.1, -0.05) is 24.3 Å². The van der Waals surface area contributed by atoms with Crippen LogP contribution in [0.2, 0.25) is 0 Å². The first-order valence-electron chi connectivity index (χ1n) is 9.33. The molecule has 0 atom stereocenters. The van der Waals surface area contributed by atoms with Crippen LogP contribution in [0.4, 0.5) is 5.69 Å². The molecular formula is C22H22N4O2. The smallest absolute Gasteiger partial charge is 0.251 e. The number of rotatable bonds is 5. The summed E-state index contributed by atoms with van der Waals surface area (Å²) < 4.78 is 2.01. The van der Waals surface area contributed by atoms with E-state index in [-0.39, 0.29) is 11.8 Å². The van der Waals surface area contributed by atoms with Crippen molar-refractivity contribution in [3.63, 3.8) is 0 Å². The summed E-state index contributed by atoms with van der Waals surface area (Å²) in [7, 11) is 0. The lowest BCUT2D eigenvalue weighted by atomic mass is 10.1. The van der Waals surface area contributed by atoms with E-state index in [1.165, 1.54) is 5.56 Å². The number of hydrogen-bond acceptors (Lipinski definition) is 3. The third kappa shape index (κ3) is 3.81. The zero-order valence-electron chi connectivity index (χ0n) is 15.8. The Kier molecular flexibility index (Phi) is 4.93. The number of fused-ring (bicyclic) bond motifs is 1. The third-order valence-electron chi connectivity index (χ3n) is 5.02. The van der Waals surface area contributed by atoms with Crippen molar-refractivity contribution < 1.29 is 9.59 Å². The van der Waals surface area contributed by atoms with E-state index in [4.69, 9.17) is 0 Å². The molecule has 2 heterocycles. The van der Waals surface area contributed by atoms with Crippen LogP contribution in [0, 0.1) is 0 Å². The molecule has 0 unspecified atom stereocenters. The zero-order valence-corrected chi connectivity index (χ0v) is 15.8. The monoisotopic (exact) mass is 374 g/mol. The second-order valence-corrected chi connectivity index (χ2v) is 7.00. The number of carbonyl (C=O) groups is 2. The average molecular weight is 374 g/mol. The maximum absolute atomic E-state index is 12.5. The van der Waals surface area contributed by atoms with E-state index < -0.39 is 0 Å². The summed E-state index contributed by atoms with van der Waals surface area (Å²) in [5, 5.41) is 2.97. The first-order valence-corrected chi connectivity index (χ1v) is 9.33. The second-order valence-electron chi connectivity index (χ2n) is 7.00. The molecule has 1 aliphatic heterocycles. The van der Waals surface area contributed by atoms with Crippen LogP contribution in [0.3, 0.4) is 0 Å². The van der Waals surface area contributed by atoms with E-state index in [1.807, 2.05) is 35.0 Å². The Balaban J connectivity index is 1.36. The van der Waals surface area contributed by atoms with E-state index in [0.717, 1.165) is 29.8 Å². The van der Waals surface area contributed by atoms with Crippen molar-refractivity contribution >= 4 is 17.5 Å².